The predicted molar refractivity (Wildman–Crippen MR) is 114 cm³/mol. The molecule has 30 heavy (non-hydrogen) atoms. The van der Waals surface area contributed by atoms with Gasteiger partial charge in [-0.05, 0) is 42.7 Å². The molecular weight excluding hydrogens is 402 g/mol. The Morgan fingerprint density at radius 1 is 1.10 bits per heavy atom. The van der Waals surface area contributed by atoms with Gasteiger partial charge in [-0.2, -0.15) is 0 Å². The molecule has 0 N–H and O–H groups in total. The van der Waals surface area contributed by atoms with E-state index in [1.54, 1.807) is 26.4 Å². The van der Waals surface area contributed by atoms with E-state index in [1.807, 2.05) is 30.0 Å². The summed E-state index contributed by atoms with van der Waals surface area (Å²) in [4.78, 5) is 14.8. The van der Waals surface area contributed by atoms with Crippen molar-refractivity contribution in [2.24, 2.45) is 0 Å². The van der Waals surface area contributed by atoms with Gasteiger partial charge in [0.2, 0.25) is 11.8 Å². The second-order valence-corrected chi connectivity index (χ2v) is 8.27. The van der Waals surface area contributed by atoms with E-state index < -0.39 is 0 Å². The SMILES string of the molecule is COc1ccc(-c2nnc(S[C@H](C)C(=O)N3CCc4ccccc4C3)o2)cc1OC. The number of methoxy groups -OCH3 is 2. The van der Waals surface area contributed by atoms with Crippen molar-refractivity contribution in [1.82, 2.24) is 15.1 Å². The van der Waals surface area contributed by atoms with Crippen molar-refractivity contribution < 1.29 is 18.7 Å². The van der Waals surface area contributed by atoms with Crippen LogP contribution in [0.2, 0.25) is 0 Å². The Morgan fingerprint density at radius 2 is 1.87 bits per heavy atom. The fraction of sp³-hybridized carbons (Fsp3) is 0.318. The van der Waals surface area contributed by atoms with Gasteiger partial charge < -0.3 is 18.8 Å². The third-order valence-electron chi connectivity index (χ3n) is 5.10. The van der Waals surface area contributed by atoms with Crippen LogP contribution in [-0.4, -0.2) is 47.0 Å². The number of hydrogen-bond donors (Lipinski definition) is 0. The van der Waals surface area contributed by atoms with Gasteiger partial charge in [0.25, 0.3) is 5.22 Å². The number of benzene rings is 2. The van der Waals surface area contributed by atoms with Crippen molar-refractivity contribution in [2.45, 2.75) is 30.4 Å². The summed E-state index contributed by atoms with van der Waals surface area (Å²) in [5.74, 6) is 1.64. The Kier molecular flexibility index (Phi) is 5.94. The number of nitrogens with zero attached hydrogens (tertiary/aromatic N) is 3. The van der Waals surface area contributed by atoms with Gasteiger partial charge in [0.1, 0.15) is 0 Å². The summed E-state index contributed by atoms with van der Waals surface area (Å²) >= 11 is 1.27. The molecule has 0 spiro atoms. The number of fused-ring (bicyclic) bond motifs is 1. The van der Waals surface area contributed by atoms with Crippen molar-refractivity contribution in [2.75, 3.05) is 20.8 Å². The third-order valence-corrected chi connectivity index (χ3v) is 6.03. The minimum Gasteiger partial charge on any atom is -0.493 e. The van der Waals surface area contributed by atoms with Gasteiger partial charge in [0.05, 0.1) is 19.5 Å². The number of amides is 1. The zero-order valence-electron chi connectivity index (χ0n) is 17.1. The monoisotopic (exact) mass is 425 g/mol. The zero-order chi connectivity index (χ0) is 21.1. The normalized spacial score (nSPS) is 14.2. The molecule has 4 rings (SSSR count). The molecule has 0 saturated carbocycles. The molecule has 0 radical (unpaired) electrons. The summed E-state index contributed by atoms with van der Waals surface area (Å²) in [7, 11) is 3.15. The largest absolute Gasteiger partial charge is 0.493 e. The average Bonchev–Trinajstić information content (AvgIpc) is 3.26. The van der Waals surface area contributed by atoms with Crippen LogP contribution in [0.25, 0.3) is 11.5 Å². The molecule has 8 heteroatoms. The number of carbonyl (C=O) groups excluding carboxylic acids is 1. The quantitative estimate of drug-likeness (QED) is 0.556. The van der Waals surface area contributed by atoms with Gasteiger partial charge in [-0.1, -0.05) is 36.0 Å². The maximum atomic E-state index is 12.9. The van der Waals surface area contributed by atoms with E-state index in [1.165, 1.54) is 22.9 Å². The maximum Gasteiger partial charge on any atom is 0.277 e. The first-order chi connectivity index (χ1) is 14.6. The molecule has 0 fully saturated rings. The molecule has 7 nitrogen and oxygen atoms in total. The molecule has 1 aliphatic rings. The minimum atomic E-state index is -0.325. The van der Waals surface area contributed by atoms with Crippen molar-refractivity contribution >= 4 is 17.7 Å². The van der Waals surface area contributed by atoms with Crippen LogP contribution >= 0.6 is 11.8 Å². The van der Waals surface area contributed by atoms with E-state index in [0.717, 1.165) is 18.5 Å². The van der Waals surface area contributed by atoms with E-state index in [4.69, 9.17) is 13.9 Å². The molecule has 2 heterocycles. The Morgan fingerprint density at radius 3 is 2.63 bits per heavy atom. The van der Waals surface area contributed by atoms with Crippen LogP contribution in [0.15, 0.2) is 52.1 Å². The lowest BCUT2D eigenvalue weighted by Crippen LogP contribution is -2.40. The summed E-state index contributed by atoms with van der Waals surface area (Å²) in [5.41, 5.74) is 3.25. The highest BCUT2D eigenvalue weighted by atomic mass is 32.2. The molecule has 1 atom stereocenters. The summed E-state index contributed by atoms with van der Waals surface area (Å²) < 4.78 is 16.4. The second-order valence-electron chi connectivity index (χ2n) is 6.98. The standard InChI is InChI=1S/C22H23N3O4S/c1-14(21(26)25-11-10-15-6-4-5-7-17(15)13-25)30-22-24-23-20(29-22)16-8-9-18(27-2)19(12-16)28-3/h4-9,12,14H,10-11,13H2,1-3H3/t14-/m1/s1. The van der Waals surface area contributed by atoms with Crippen molar-refractivity contribution in [1.29, 1.82) is 0 Å². The number of ether oxygens (including phenoxy) is 2. The molecule has 0 bridgehead atoms. The molecule has 3 aromatic rings. The molecule has 156 valence electrons. The molecule has 1 amide bonds. The van der Waals surface area contributed by atoms with Crippen molar-refractivity contribution in [3.05, 3.63) is 53.6 Å². The molecule has 1 aromatic heterocycles. The van der Waals surface area contributed by atoms with Crippen LogP contribution in [0.1, 0.15) is 18.1 Å². The molecule has 1 aliphatic heterocycles. The highest BCUT2D eigenvalue weighted by molar-refractivity contribution is 8.00. The Labute approximate surface area is 179 Å². The van der Waals surface area contributed by atoms with E-state index in [9.17, 15) is 4.79 Å². The first-order valence-corrected chi connectivity index (χ1v) is 10.5. The highest BCUT2D eigenvalue weighted by Gasteiger charge is 2.26. The van der Waals surface area contributed by atoms with Crippen LogP contribution in [0.5, 0.6) is 11.5 Å². The summed E-state index contributed by atoms with van der Waals surface area (Å²) in [6, 6.07) is 13.7. The van der Waals surface area contributed by atoms with Crippen molar-refractivity contribution in [3.8, 4) is 23.0 Å². The first kappa shape index (κ1) is 20.3. The number of hydrogen-bond acceptors (Lipinski definition) is 7. The summed E-state index contributed by atoms with van der Waals surface area (Å²) in [6.07, 6.45) is 0.878. The third kappa shape index (κ3) is 4.14. The van der Waals surface area contributed by atoms with Crippen LogP contribution in [0.3, 0.4) is 0 Å². The van der Waals surface area contributed by atoms with Gasteiger partial charge in [-0.25, -0.2) is 0 Å². The van der Waals surface area contributed by atoms with Gasteiger partial charge in [0, 0.05) is 18.7 Å². The van der Waals surface area contributed by atoms with Crippen LogP contribution in [0.4, 0.5) is 0 Å². The molecular formula is C22H23N3O4S. The van der Waals surface area contributed by atoms with Gasteiger partial charge in [-0.3, -0.25) is 4.79 Å². The van der Waals surface area contributed by atoms with Gasteiger partial charge >= 0.3 is 0 Å². The fourth-order valence-corrected chi connectivity index (χ4v) is 4.25. The lowest BCUT2D eigenvalue weighted by molar-refractivity contribution is -0.131. The number of aromatic nitrogens is 2. The fourth-order valence-electron chi connectivity index (χ4n) is 3.49. The van der Waals surface area contributed by atoms with E-state index >= 15 is 0 Å². The lowest BCUT2D eigenvalue weighted by atomic mass is 10.00. The lowest BCUT2D eigenvalue weighted by Gasteiger charge is -2.30. The molecule has 2 aromatic carbocycles. The zero-order valence-corrected chi connectivity index (χ0v) is 17.9. The number of rotatable bonds is 6. The predicted octanol–water partition coefficient (Wildman–Crippen LogP) is 3.82. The summed E-state index contributed by atoms with van der Waals surface area (Å²) in [6.45, 7) is 3.23. The average molecular weight is 426 g/mol. The highest BCUT2D eigenvalue weighted by Crippen LogP contribution is 2.33. The van der Waals surface area contributed by atoms with Crippen LogP contribution in [-0.2, 0) is 17.8 Å². The van der Waals surface area contributed by atoms with Crippen LogP contribution in [0, 0.1) is 0 Å². The Hall–Kier alpha value is -3.00. The van der Waals surface area contributed by atoms with E-state index in [-0.39, 0.29) is 11.2 Å². The van der Waals surface area contributed by atoms with Crippen LogP contribution < -0.4 is 9.47 Å². The van der Waals surface area contributed by atoms with Gasteiger partial charge in [-0.15, -0.1) is 10.2 Å². The van der Waals surface area contributed by atoms with Crippen molar-refractivity contribution in [3.63, 3.8) is 0 Å². The van der Waals surface area contributed by atoms with E-state index in [0.29, 0.717) is 29.2 Å². The smallest absolute Gasteiger partial charge is 0.277 e. The molecule has 0 saturated heterocycles. The summed E-state index contributed by atoms with van der Waals surface area (Å²) in [5, 5.41) is 8.25. The Balaban J connectivity index is 1.43. The first-order valence-electron chi connectivity index (χ1n) is 9.67. The van der Waals surface area contributed by atoms with Gasteiger partial charge in [0.15, 0.2) is 11.5 Å². The molecule has 0 unspecified atom stereocenters. The number of carbonyl (C=O) groups is 1. The molecule has 0 aliphatic carbocycles. The maximum absolute atomic E-state index is 12.9. The Bertz CT molecular complexity index is 1050. The minimum absolute atomic E-state index is 0.0698. The number of thioether (sulfide) groups is 1. The second kappa shape index (κ2) is 8.79. The van der Waals surface area contributed by atoms with E-state index in [2.05, 4.69) is 22.3 Å². The topological polar surface area (TPSA) is 77.7 Å².